The lowest BCUT2D eigenvalue weighted by Gasteiger charge is -2.10. The van der Waals surface area contributed by atoms with Gasteiger partial charge in [0.25, 0.3) is 0 Å². The summed E-state index contributed by atoms with van der Waals surface area (Å²) in [7, 11) is 0. The maximum absolute atomic E-state index is 3.72. The fraction of sp³-hybridized carbons (Fsp3) is 0.0667. The van der Waals surface area contributed by atoms with Crippen molar-refractivity contribution in [1.82, 2.24) is 0 Å². The molecule has 0 fully saturated rings. The first kappa shape index (κ1) is 15.0. The minimum Gasteiger partial charge on any atom is -0.143 e. The van der Waals surface area contributed by atoms with Crippen molar-refractivity contribution < 1.29 is 0 Å². The van der Waals surface area contributed by atoms with Gasteiger partial charge in [-0.1, -0.05) is 15.9 Å². The second kappa shape index (κ2) is 6.05. The van der Waals surface area contributed by atoms with Gasteiger partial charge in [0.2, 0.25) is 0 Å². The van der Waals surface area contributed by atoms with E-state index in [0.29, 0.717) is 0 Å². The molecule has 0 atom stereocenters. The largest absolute Gasteiger partial charge is 0.143 e. The molecule has 0 amide bonds. The molecule has 20 heavy (non-hydrogen) atoms. The van der Waals surface area contributed by atoms with Crippen LogP contribution >= 0.6 is 70.5 Å². The van der Waals surface area contributed by atoms with Crippen LogP contribution in [-0.2, 0) is 0 Å². The summed E-state index contributed by atoms with van der Waals surface area (Å²) in [4.78, 5) is 2.54. The van der Waals surface area contributed by atoms with E-state index in [0.717, 1.165) is 13.4 Å². The van der Waals surface area contributed by atoms with Crippen molar-refractivity contribution in [3.05, 3.63) is 54.0 Å². The van der Waals surface area contributed by atoms with E-state index in [1.807, 2.05) is 0 Å². The van der Waals surface area contributed by atoms with Gasteiger partial charge in [-0.15, -0.1) is 22.7 Å². The van der Waals surface area contributed by atoms with Crippen LogP contribution < -0.4 is 0 Å². The van der Waals surface area contributed by atoms with E-state index >= 15 is 0 Å². The molecule has 0 saturated heterocycles. The molecular formula is C15H9Br3S2. The zero-order valence-corrected chi connectivity index (χ0v) is 16.8. The van der Waals surface area contributed by atoms with E-state index in [1.54, 1.807) is 22.7 Å². The summed E-state index contributed by atoms with van der Waals surface area (Å²) in [5.74, 6) is 0. The Hall–Kier alpha value is 0.0600. The van der Waals surface area contributed by atoms with Gasteiger partial charge in [0.15, 0.2) is 0 Å². The second-order valence-corrected chi connectivity index (χ2v) is 8.74. The molecule has 2 heterocycles. The molecule has 1 aromatic carbocycles. The first-order valence-corrected chi connectivity index (χ1v) is 9.98. The lowest BCUT2D eigenvalue weighted by Crippen LogP contribution is -1.85. The Bertz CT molecular complexity index is 705. The molecule has 0 aliphatic rings. The summed E-state index contributed by atoms with van der Waals surface area (Å²) in [6.07, 6.45) is 0. The highest BCUT2D eigenvalue weighted by Crippen LogP contribution is 2.43. The Balaban J connectivity index is 2.17. The van der Waals surface area contributed by atoms with E-state index in [2.05, 4.69) is 89.7 Å². The number of hydrogen-bond acceptors (Lipinski definition) is 2. The molecule has 3 aromatic rings. The van der Waals surface area contributed by atoms with Crippen LogP contribution in [0.3, 0.4) is 0 Å². The average Bonchev–Trinajstić information content (AvgIpc) is 3.01. The van der Waals surface area contributed by atoms with E-state index < -0.39 is 0 Å². The van der Waals surface area contributed by atoms with Crippen LogP contribution in [0.5, 0.6) is 0 Å². The summed E-state index contributed by atoms with van der Waals surface area (Å²) in [5.41, 5.74) is 3.79. The minimum absolute atomic E-state index is 1.13. The van der Waals surface area contributed by atoms with Gasteiger partial charge in [0.05, 0.1) is 0 Å². The van der Waals surface area contributed by atoms with Crippen LogP contribution in [0.1, 0.15) is 5.56 Å². The predicted molar refractivity (Wildman–Crippen MR) is 101 cm³/mol. The fourth-order valence-corrected chi connectivity index (χ4v) is 6.03. The van der Waals surface area contributed by atoms with Crippen molar-refractivity contribution in [2.24, 2.45) is 0 Å². The summed E-state index contributed by atoms with van der Waals surface area (Å²) < 4.78 is 3.43. The van der Waals surface area contributed by atoms with Crippen molar-refractivity contribution in [2.75, 3.05) is 0 Å². The number of hydrogen-bond donors (Lipinski definition) is 0. The second-order valence-electron chi connectivity index (χ2n) is 4.34. The Morgan fingerprint density at radius 1 is 0.750 bits per heavy atom. The molecule has 0 spiro atoms. The van der Waals surface area contributed by atoms with Crippen molar-refractivity contribution in [3.63, 3.8) is 0 Å². The number of aryl methyl sites for hydroxylation is 1. The summed E-state index contributed by atoms with van der Waals surface area (Å²) in [6.45, 7) is 2.17. The molecule has 0 bridgehead atoms. The first-order chi connectivity index (χ1) is 9.58. The number of rotatable bonds is 2. The molecule has 2 aromatic heterocycles. The molecule has 0 aliphatic heterocycles. The van der Waals surface area contributed by atoms with Crippen molar-refractivity contribution in [3.8, 4) is 20.9 Å². The van der Waals surface area contributed by atoms with E-state index in [9.17, 15) is 0 Å². The molecule has 0 radical (unpaired) electrons. The maximum atomic E-state index is 3.72. The molecule has 3 rings (SSSR count). The average molecular weight is 493 g/mol. The van der Waals surface area contributed by atoms with Crippen LogP contribution in [0.4, 0.5) is 0 Å². The smallest absolute Gasteiger partial charge is 0.0496 e. The van der Waals surface area contributed by atoms with Gasteiger partial charge in [0, 0.05) is 28.7 Å². The molecule has 0 aliphatic carbocycles. The van der Waals surface area contributed by atoms with Gasteiger partial charge >= 0.3 is 0 Å². The lowest BCUT2D eigenvalue weighted by atomic mass is 10.0. The third-order valence-electron chi connectivity index (χ3n) is 3.04. The molecule has 5 heteroatoms. The summed E-state index contributed by atoms with van der Waals surface area (Å²) in [6, 6.07) is 8.65. The van der Waals surface area contributed by atoms with Crippen LogP contribution in [0.2, 0.25) is 0 Å². The van der Waals surface area contributed by atoms with Gasteiger partial charge in [0.1, 0.15) is 0 Å². The lowest BCUT2D eigenvalue weighted by molar-refractivity contribution is 1.46. The van der Waals surface area contributed by atoms with Gasteiger partial charge in [-0.3, -0.25) is 0 Å². The molecule has 0 N–H and O–H groups in total. The van der Waals surface area contributed by atoms with Crippen LogP contribution in [-0.4, -0.2) is 0 Å². The highest BCUT2D eigenvalue weighted by Gasteiger charge is 2.14. The Morgan fingerprint density at radius 2 is 1.30 bits per heavy atom. The third-order valence-corrected chi connectivity index (χ3v) is 7.44. The van der Waals surface area contributed by atoms with Crippen LogP contribution in [0.25, 0.3) is 20.9 Å². The first-order valence-electron chi connectivity index (χ1n) is 5.85. The number of halogens is 3. The van der Waals surface area contributed by atoms with E-state index in [4.69, 9.17) is 0 Å². The monoisotopic (exact) mass is 490 g/mol. The normalized spacial score (nSPS) is 11.0. The van der Waals surface area contributed by atoms with Crippen LogP contribution in [0.15, 0.2) is 48.4 Å². The Morgan fingerprint density at radius 3 is 1.80 bits per heavy atom. The van der Waals surface area contributed by atoms with E-state index in [1.165, 1.54) is 26.4 Å². The van der Waals surface area contributed by atoms with Crippen molar-refractivity contribution in [1.29, 1.82) is 0 Å². The number of benzene rings is 1. The summed E-state index contributed by atoms with van der Waals surface area (Å²) >= 11 is 14.5. The highest BCUT2D eigenvalue weighted by molar-refractivity contribution is 9.11. The molecular weight excluding hydrogens is 484 g/mol. The molecule has 0 unspecified atom stereocenters. The maximum Gasteiger partial charge on any atom is 0.0496 e. The highest BCUT2D eigenvalue weighted by atomic mass is 79.9. The van der Waals surface area contributed by atoms with Crippen molar-refractivity contribution >= 4 is 70.5 Å². The molecule has 0 saturated carbocycles. The Kier molecular flexibility index (Phi) is 4.53. The molecule has 0 nitrogen and oxygen atoms in total. The zero-order valence-electron chi connectivity index (χ0n) is 10.4. The van der Waals surface area contributed by atoms with Crippen molar-refractivity contribution in [2.45, 2.75) is 6.92 Å². The Labute approximate surface area is 151 Å². The van der Waals surface area contributed by atoms with E-state index in [-0.39, 0.29) is 0 Å². The predicted octanol–water partition coefficient (Wildman–Crippen LogP) is 7.74. The zero-order chi connectivity index (χ0) is 14.3. The van der Waals surface area contributed by atoms with Gasteiger partial charge in [-0.05, 0) is 84.9 Å². The van der Waals surface area contributed by atoms with Gasteiger partial charge in [-0.2, -0.15) is 0 Å². The standard InChI is InChI=1S/C15H9Br3S2/c1-8-6-10(15-12(17)3-5-20-15)13(18)7-9(8)14-11(16)2-4-19-14/h2-7H,1H3. The van der Waals surface area contributed by atoms with Gasteiger partial charge < -0.3 is 0 Å². The topological polar surface area (TPSA) is 0 Å². The fourth-order valence-electron chi connectivity index (χ4n) is 2.07. The SMILES string of the molecule is Cc1cc(-c2sccc2Br)c(Br)cc1-c1sccc1Br. The molecule has 102 valence electrons. The quantitative estimate of drug-likeness (QED) is 0.343. The minimum atomic E-state index is 1.13. The number of thiophene rings is 2. The summed E-state index contributed by atoms with van der Waals surface area (Å²) in [5, 5.41) is 4.21. The van der Waals surface area contributed by atoms with Crippen LogP contribution in [0, 0.1) is 6.92 Å². The van der Waals surface area contributed by atoms with Gasteiger partial charge in [-0.25, -0.2) is 0 Å². The third kappa shape index (κ3) is 2.71.